The molecule has 0 N–H and O–H groups in total. The van der Waals surface area contributed by atoms with Crippen molar-refractivity contribution >= 4 is 38.6 Å². The lowest BCUT2D eigenvalue weighted by molar-refractivity contribution is 0.440. The summed E-state index contributed by atoms with van der Waals surface area (Å²) in [5.41, 5.74) is 2.19. The van der Waals surface area contributed by atoms with Gasteiger partial charge in [-0.2, -0.15) is 0 Å². The lowest BCUT2D eigenvalue weighted by Crippen LogP contribution is -2.09. The summed E-state index contributed by atoms with van der Waals surface area (Å²) < 4.78 is 3.34. The fourth-order valence-corrected chi connectivity index (χ4v) is 2.95. The van der Waals surface area contributed by atoms with Crippen LogP contribution in [0, 0.1) is 5.92 Å². The van der Waals surface area contributed by atoms with Crippen LogP contribution in [0.2, 0.25) is 0 Å². The third kappa shape index (κ3) is 3.32. The number of fused-ring (bicyclic) bond motifs is 1. The van der Waals surface area contributed by atoms with E-state index in [1.54, 1.807) is 0 Å². The van der Waals surface area contributed by atoms with E-state index in [1.165, 1.54) is 11.9 Å². The van der Waals surface area contributed by atoms with E-state index in [2.05, 4.69) is 64.5 Å². The van der Waals surface area contributed by atoms with E-state index in [4.69, 9.17) is 11.6 Å². The van der Waals surface area contributed by atoms with Crippen LogP contribution in [0.5, 0.6) is 0 Å². The second-order valence-corrected chi connectivity index (χ2v) is 6.67. The molecule has 0 aliphatic rings. The number of imidazole rings is 1. The van der Waals surface area contributed by atoms with Gasteiger partial charge in [-0.05, 0) is 43.9 Å². The van der Waals surface area contributed by atoms with Gasteiger partial charge in [0.2, 0.25) is 0 Å². The van der Waals surface area contributed by atoms with Crippen molar-refractivity contribution in [3.63, 3.8) is 0 Å². The van der Waals surface area contributed by atoms with Gasteiger partial charge < -0.3 is 4.57 Å². The summed E-state index contributed by atoms with van der Waals surface area (Å²) in [5.74, 6) is 2.15. The Morgan fingerprint density at radius 2 is 2.00 bits per heavy atom. The van der Waals surface area contributed by atoms with Gasteiger partial charge in [0.1, 0.15) is 5.82 Å². The Kier molecular flexibility index (Phi) is 4.91. The van der Waals surface area contributed by atoms with Crippen LogP contribution in [0.1, 0.15) is 45.5 Å². The molecule has 4 heteroatoms. The summed E-state index contributed by atoms with van der Waals surface area (Å²) >= 11 is 9.55. The summed E-state index contributed by atoms with van der Waals surface area (Å²) in [5, 5.41) is 0. The fraction of sp³-hybridized carbons (Fsp3) is 0.533. The number of aromatic nitrogens is 2. The minimum atomic E-state index is 0.433. The second kappa shape index (κ2) is 6.27. The molecule has 1 aromatic carbocycles. The molecule has 2 nitrogen and oxygen atoms in total. The first-order valence-corrected chi connectivity index (χ1v) is 8.08. The van der Waals surface area contributed by atoms with Crippen molar-refractivity contribution < 1.29 is 0 Å². The zero-order chi connectivity index (χ0) is 14.0. The molecule has 0 spiro atoms. The van der Waals surface area contributed by atoms with E-state index >= 15 is 0 Å². The summed E-state index contributed by atoms with van der Waals surface area (Å²) in [6.45, 7) is 6.78. The first-order chi connectivity index (χ1) is 9.02. The standard InChI is InChI=1S/C15H20BrClN2/c1-10(2)4-5-11(3)19-14-7-6-12(16)8-13(14)18-15(19)9-17/h6-8,10-11H,4-5,9H2,1-3H3. The van der Waals surface area contributed by atoms with Crippen LogP contribution in [-0.4, -0.2) is 9.55 Å². The van der Waals surface area contributed by atoms with E-state index in [9.17, 15) is 0 Å². The van der Waals surface area contributed by atoms with E-state index < -0.39 is 0 Å². The van der Waals surface area contributed by atoms with Crippen LogP contribution in [0.25, 0.3) is 11.0 Å². The van der Waals surface area contributed by atoms with E-state index in [0.717, 1.165) is 28.2 Å². The van der Waals surface area contributed by atoms with Gasteiger partial charge in [0.05, 0.1) is 16.9 Å². The number of nitrogens with zero attached hydrogens (tertiary/aromatic N) is 2. The molecule has 0 bridgehead atoms. The highest BCUT2D eigenvalue weighted by Gasteiger charge is 2.15. The second-order valence-electron chi connectivity index (χ2n) is 5.48. The zero-order valence-corrected chi connectivity index (χ0v) is 14.0. The number of alkyl halides is 1. The third-order valence-corrected chi connectivity index (χ3v) is 4.18. The Hall–Kier alpha value is -0.540. The average Bonchev–Trinajstić information content (AvgIpc) is 2.73. The predicted molar refractivity (Wildman–Crippen MR) is 85.8 cm³/mol. The number of halogens is 2. The first kappa shape index (κ1) is 14.9. The summed E-state index contributed by atoms with van der Waals surface area (Å²) in [6, 6.07) is 6.67. The van der Waals surface area contributed by atoms with Gasteiger partial charge >= 0.3 is 0 Å². The molecule has 0 saturated heterocycles. The number of rotatable bonds is 5. The van der Waals surface area contributed by atoms with Crippen molar-refractivity contribution in [1.82, 2.24) is 9.55 Å². The minimum absolute atomic E-state index is 0.433. The van der Waals surface area contributed by atoms with Crippen LogP contribution in [0.3, 0.4) is 0 Å². The Morgan fingerprint density at radius 1 is 1.26 bits per heavy atom. The smallest absolute Gasteiger partial charge is 0.125 e. The van der Waals surface area contributed by atoms with E-state index in [1.807, 2.05) is 0 Å². The van der Waals surface area contributed by atoms with Crippen molar-refractivity contribution in [3.8, 4) is 0 Å². The molecule has 2 aromatic rings. The van der Waals surface area contributed by atoms with Crippen LogP contribution in [0.4, 0.5) is 0 Å². The highest BCUT2D eigenvalue weighted by Crippen LogP contribution is 2.27. The maximum absolute atomic E-state index is 6.06. The van der Waals surface area contributed by atoms with Crippen molar-refractivity contribution in [2.24, 2.45) is 5.92 Å². The summed E-state index contributed by atoms with van der Waals surface area (Å²) in [6.07, 6.45) is 2.38. The normalized spacial score (nSPS) is 13.4. The number of hydrogen-bond acceptors (Lipinski definition) is 1. The van der Waals surface area contributed by atoms with E-state index in [0.29, 0.717) is 11.9 Å². The molecule has 19 heavy (non-hydrogen) atoms. The molecule has 0 aliphatic carbocycles. The number of hydrogen-bond donors (Lipinski definition) is 0. The highest BCUT2D eigenvalue weighted by atomic mass is 79.9. The largest absolute Gasteiger partial charge is 0.324 e. The van der Waals surface area contributed by atoms with Gasteiger partial charge in [-0.15, -0.1) is 11.6 Å². The van der Waals surface area contributed by atoms with E-state index in [-0.39, 0.29) is 0 Å². The van der Waals surface area contributed by atoms with Gasteiger partial charge in [-0.3, -0.25) is 0 Å². The van der Waals surface area contributed by atoms with Crippen LogP contribution in [0.15, 0.2) is 22.7 Å². The predicted octanol–water partition coefficient (Wildman–Crippen LogP) is 5.53. The maximum atomic E-state index is 6.06. The summed E-state index contributed by atoms with van der Waals surface area (Å²) in [7, 11) is 0. The van der Waals surface area contributed by atoms with Gasteiger partial charge in [-0.25, -0.2) is 4.98 Å². The molecule has 0 radical (unpaired) electrons. The number of benzene rings is 1. The van der Waals surface area contributed by atoms with Crippen molar-refractivity contribution in [2.75, 3.05) is 0 Å². The van der Waals surface area contributed by atoms with Crippen molar-refractivity contribution in [2.45, 2.75) is 45.5 Å². The molecule has 1 unspecified atom stereocenters. The first-order valence-electron chi connectivity index (χ1n) is 6.75. The molecule has 0 amide bonds. The van der Waals surface area contributed by atoms with Gasteiger partial charge in [0.25, 0.3) is 0 Å². The Labute approximate surface area is 128 Å². The Morgan fingerprint density at radius 3 is 2.63 bits per heavy atom. The average molecular weight is 344 g/mol. The maximum Gasteiger partial charge on any atom is 0.125 e. The zero-order valence-electron chi connectivity index (χ0n) is 11.7. The van der Waals surface area contributed by atoms with Crippen molar-refractivity contribution in [1.29, 1.82) is 0 Å². The molecule has 0 saturated carbocycles. The molecule has 0 fully saturated rings. The van der Waals surface area contributed by atoms with Gasteiger partial charge in [0, 0.05) is 10.5 Å². The topological polar surface area (TPSA) is 17.8 Å². The van der Waals surface area contributed by atoms with Gasteiger partial charge in [-0.1, -0.05) is 29.8 Å². The van der Waals surface area contributed by atoms with Gasteiger partial charge in [0.15, 0.2) is 0 Å². The minimum Gasteiger partial charge on any atom is -0.324 e. The lowest BCUT2D eigenvalue weighted by Gasteiger charge is -2.18. The monoisotopic (exact) mass is 342 g/mol. The van der Waals surface area contributed by atoms with Crippen LogP contribution >= 0.6 is 27.5 Å². The SMILES string of the molecule is CC(C)CCC(C)n1c(CCl)nc2cc(Br)ccc21. The van der Waals surface area contributed by atoms with Crippen LogP contribution < -0.4 is 0 Å². The van der Waals surface area contributed by atoms with Crippen LogP contribution in [-0.2, 0) is 5.88 Å². The molecule has 0 aliphatic heterocycles. The molecular formula is C15H20BrClN2. The molecule has 1 aromatic heterocycles. The quantitative estimate of drug-likeness (QED) is 0.652. The molecule has 1 atom stereocenters. The summed E-state index contributed by atoms with van der Waals surface area (Å²) in [4.78, 5) is 4.64. The van der Waals surface area contributed by atoms with Crippen molar-refractivity contribution in [3.05, 3.63) is 28.5 Å². The lowest BCUT2D eigenvalue weighted by atomic mass is 10.0. The Bertz CT molecular complexity index is 563. The fourth-order valence-electron chi connectivity index (χ4n) is 2.41. The third-order valence-electron chi connectivity index (χ3n) is 3.45. The molecule has 2 rings (SSSR count). The Balaban J connectivity index is 2.39. The molecule has 1 heterocycles. The highest BCUT2D eigenvalue weighted by molar-refractivity contribution is 9.10. The molecule has 104 valence electrons. The molecular weight excluding hydrogens is 324 g/mol.